The fraction of sp³-hybridized carbons (Fsp3) is 0.462. The molecule has 0 saturated carbocycles. The molecule has 0 aliphatic heterocycles. The number of rotatable bonds is 5. The van der Waals surface area contributed by atoms with E-state index in [4.69, 9.17) is 5.73 Å². The van der Waals surface area contributed by atoms with Gasteiger partial charge in [-0.3, -0.25) is 4.79 Å². The minimum Gasteiger partial charge on any atom is -0.397 e. The minimum atomic E-state index is -0.443. The van der Waals surface area contributed by atoms with E-state index in [0.717, 1.165) is 0 Å². The normalized spacial score (nSPS) is 12.1. The maximum atomic E-state index is 13.5. The van der Waals surface area contributed by atoms with Crippen LogP contribution in [0.2, 0.25) is 0 Å². The summed E-state index contributed by atoms with van der Waals surface area (Å²) in [6, 6.07) is 2.43. The zero-order valence-corrected chi connectivity index (χ0v) is 13.5. The van der Waals surface area contributed by atoms with Crippen LogP contribution in [0.15, 0.2) is 12.1 Å². The van der Waals surface area contributed by atoms with Gasteiger partial charge in [-0.05, 0) is 49.4 Å². The van der Waals surface area contributed by atoms with Gasteiger partial charge in [0.15, 0.2) is 0 Å². The summed E-state index contributed by atoms with van der Waals surface area (Å²) in [5.74, 6) is -0.372. The molecule has 0 aromatic heterocycles. The molecule has 1 aromatic carbocycles. The summed E-state index contributed by atoms with van der Waals surface area (Å²) in [5, 5.41) is 2.97. The van der Waals surface area contributed by atoms with Gasteiger partial charge in [0.25, 0.3) is 0 Å². The standard InChI is InChI=1S/C13H19FIN3O/c1-4-18(5-2)13(19)8(3)17-12-6-9(14)10(15)7-11(12)16/h6-8,17H,4-5,16H2,1-3H3. The summed E-state index contributed by atoms with van der Waals surface area (Å²) in [7, 11) is 0. The first kappa shape index (κ1) is 16.0. The van der Waals surface area contributed by atoms with Gasteiger partial charge in [-0.15, -0.1) is 0 Å². The number of carbonyl (C=O) groups excluding carboxylic acids is 1. The Bertz CT molecular complexity index is 463. The van der Waals surface area contributed by atoms with Crippen molar-refractivity contribution in [1.82, 2.24) is 4.90 Å². The number of hydrogen-bond donors (Lipinski definition) is 2. The molecule has 1 rings (SSSR count). The van der Waals surface area contributed by atoms with Crippen LogP contribution in [0.3, 0.4) is 0 Å². The molecule has 0 fully saturated rings. The van der Waals surface area contributed by atoms with Crippen molar-refractivity contribution in [1.29, 1.82) is 0 Å². The van der Waals surface area contributed by atoms with E-state index in [1.54, 1.807) is 17.9 Å². The van der Waals surface area contributed by atoms with Crippen molar-refractivity contribution in [3.8, 4) is 0 Å². The lowest BCUT2D eigenvalue weighted by Crippen LogP contribution is -2.41. The number of nitrogens with zero attached hydrogens (tertiary/aromatic N) is 1. The maximum Gasteiger partial charge on any atom is 0.244 e. The van der Waals surface area contributed by atoms with Crippen LogP contribution in [0.5, 0.6) is 0 Å². The minimum absolute atomic E-state index is 0.0247. The Hall–Kier alpha value is -1.05. The van der Waals surface area contributed by atoms with E-state index in [1.165, 1.54) is 6.07 Å². The van der Waals surface area contributed by atoms with Crippen molar-refractivity contribution < 1.29 is 9.18 Å². The smallest absolute Gasteiger partial charge is 0.244 e. The van der Waals surface area contributed by atoms with Gasteiger partial charge in [-0.1, -0.05) is 0 Å². The lowest BCUT2D eigenvalue weighted by atomic mass is 10.2. The number of amides is 1. The number of carbonyl (C=O) groups is 1. The topological polar surface area (TPSA) is 58.4 Å². The fourth-order valence-corrected chi connectivity index (χ4v) is 2.28. The number of hydrogen-bond acceptors (Lipinski definition) is 3. The number of nitrogens with one attached hydrogen (secondary N) is 1. The molecule has 1 unspecified atom stereocenters. The van der Waals surface area contributed by atoms with E-state index >= 15 is 0 Å². The molecule has 0 heterocycles. The number of halogens is 2. The summed E-state index contributed by atoms with van der Waals surface area (Å²) >= 11 is 1.88. The van der Waals surface area contributed by atoms with Crippen LogP contribution in [0.25, 0.3) is 0 Å². The first-order valence-electron chi connectivity index (χ1n) is 6.20. The van der Waals surface area contributed by atoms with Gasteiger partial charge in [-0.2, -0.15) is 0 Å². The molecule has 0 spiro atoms. The monoisotopic (exact) mass is 379 g/mol. The van der Waals surface area contributed by atoms with E-state index in [0.29, 0.717) is 28.0 Å². The Labute approximate surface area is 126 Å². The molecular weight excluding hydrogens is 360 g/mol. The van der Waals surface area contributed by atoms with Crippen LogP contribution in [-0.4, -0.2) is 29.9 Å². The Morgan fingerprint density at radius 1 is 1.47 bits per heavy atom. The molecule has 3 N–H and O–H groups in total. The van der Waals surface area contributed by atoms with E-state index < -0.39 is 6.04 Å². The van der Waals surface area contributed by atoms with E-state index in [-0.39, 0.29) is 11.7 Å². The van der Waals surface area contributed by atoms with Crippen molar-refractivity contribution in [2.45, 2.75) is 26.8 Å². The molecule has 1 atom stereocenters. The fourth-order valence-electron chi connectivity index (χ4n) is 1.79. The highest BCUT2D eigenvalue weighted by Crippen LogP contribution is 2.24. The zero-order valence-electron chi connectivity index (χ0n) is 11.3. The predicted octanol–water partition coefficient (Wildman–Crippen LogP) is 2.68. The van der Waals surface area contributed by atoms with Crippen molar-refractivity contribution in [2.24, 2.45) is 0 Å². The quantitative estimate of drug-likeness (QED) is 0.611. The van der Waals surface area contributed by atoms with Gasteiger partial charge >= 0.3 is 0 Å². The van der Waals surface area contributed by atoms with Crippen molar-refractivity contribution in [3.63, 3.8) is 0 Å². The first-order valence-corrected chi connectivity index (χ1v) is 7.28. The second kappa shape index (κ2) is 6.93. The highest BCUT2D eigenvalue weighted by Gasteiger charge is 2.19. The molecule has 0 saturated heterocycles. The summed E-state index contributed by atoms with van der Waals surface area (Å²) in [4.78, 5) is 13.8. The van der Waals surface area contributed by atoms with Crippen molar-refractivity contribution in [3.05, 3.63) is 21.5 Å². The number of anilines is 2. The third kappa shape index (κ3) is 3.95. The van der Waals surface area contributed by atoms with E-state index in [9.17, 15) is 9.18 Å². The van der Waals surface area contributed by atoms with Crippen LogP contribution in [-0.2, 0) is 4.79 Å². The number of benzene rings is 1. The Kier molecular flexibility index (Phi) is 5.84. The number of likely N-dealkylation sites (N-methyl/N-ethyl adjacent to an activating group) is 1. The van der Waals surface area contributed by atoms with Crippen LogP contribution >= 0.6 is 22.6 Å². The molecule has 0 bridgehead atoms. The Balaban J connectivity index is 2.85. The molecule has 106 valence electrons. The van der Waals surface area contributed by atoms with Crippen LogP contribution in [0.4, 0.5) is 15.8 Å². The summed E-state index contributed by atoms with van der Waals surface area (Å²) < 4.78 is 14.0. The van der Waals surface area contributed by atoms with Gasteiger partial charge in [0.05, 0.1) is 14.9 Å². The van der Waals surface area contributed by atoms with E-state index in [1.807, 2.05) is 36.4 Å². The molecule has 0 aliphatic rings. The van der Waals surface area contributed by atoms with Crippen LogP contribution in [0.1, 0.15) is 20.8 Å². The SMILES string of the molecule is CCN(CC)C(=O)C(C)Nc1cc(F)c(I)cc1N. The summed E-state index contributed by atoms with van der Waals surface area (Å²) in [6.45, 7) is 6.89. The van der Waals surface area contributed by atoms with Gasteiger partial charge in [0.1, 0.15) is 11.9 Å². The molecule has 4 nitrogen and oxygen atoms in total. The predicted molar refractivity (Wildman–Crippen MR) is 84.5 cm³/mol. The second-order valence-corrected chi connectivity index (χ2v) is 5.39. The second-order valence-electron chi connectivity index (χ2n) is 4.23. The lowest BCUT2D eigenvalue weighted by molar-refractivity contribution is -0.131. The Morgan fingerprint density at radius 2 is 2.05 bits per heavy atom. The maximum absolute atomic E-state index is 13.5. The van der Waals surface area contributed by atoms with Gasteiger partial charge in [-0.25, -0.2) is 4.39 Å². The largest absolute Gasteiger partial charge is 0.397 e. The first-order chi connectivity index (χ1) is 8.90. The molecule has 1 amide bonds. The number of nitrogens with two attached hydrogens (primary N) is 1. The third-order valence-corrected chi connectivity index (χ3v) is 3.74. The van der Waals surface area contributed by atoms with Crippen LogP contribution < -0.4 is 11.1 Å². The average molecular weight is 379 g/mol. The van der Waals surface area contributed by atoms with Gasteiger partial charge in [0.2, 0.25) is 5.91 Å². The van der Waals surface area contributed by atoms with Gasteiger partial charge in [0, 0.05) is 19.2 Å². The van der Waals surface area contributed by atoms with Crippen molar-refractivity contribution >= 4 is 39.9 Å². The van der Waals surface area contributed by atoms with E-state index in [2.05, 4.69) is 5.32 Å². The lowest BCUT2D eigenvalue weighted by Gasteiger charge is -2.24. The Morgan fingerprint density at radius 3 is 2.58 bits per heavy atom. The third-order valence-electron chi connectivity index (χ3n) is 2.91. The van der Waals surface area contributed by atoms with Crippen molar-refractivity contribution in [2.75, 3.05) is 24.1 Å². The highest BCUT2D eigenvalue weighted by molar-refractivity contribution is 14.1. The number of nitrogen functional groups attached to an aromatic ring is 1. The molecule has 19 heavy (non-hydrogen) atoms. The molecule has 0 aliphatic carbocycles. The molecule has 6 heteroatoms. The highest BCUT2D eigenvalue weighted by atomic mass is 127. The molecule has 1 aromatic rings. The van der Waals surface area contributed by atoms with Crippen LogP contribution in [0, 0.1) is 9.39 Å². The summed E-state index contributed by atoms with van der Waals surface area (Å²) in [6.07, 6.45) is 0. The molecule has 0 radical (unpaired) electrons. The average Bonchev–Trinajstić information content (AvgIpc) is 2.37. The van der Waals surface area contributed by atoms with Gasteiger partial charge < -0.3 is 16.0 Å². The molecular formula is C13H19FIN3O. The zero-order chi connectivity index (χ0) is 14.6. The summed E-state index contributed by atoms with van der Waals surface area (Å²) in [5.41, 5.74) is 6.71.